The van der Waals surface area contributed by atoms with E-state index in [1.165, 1.54) is 5.56 Å². The number of carbonyl (C=O) groups is 1. The Morgan fingerprint density at radius 2 is 1.72 bits per heavy atom. The molecule has 4 nitrogen and oxygen atoms in total. The molecule has 1 atom stereocenters. The number of carbonyl (C=O) groups excluding carboxylic acids is 1. The monoisotopic (exact) mass is 353 g/mol. The molecular weight excluding hydrogens is 334 g/mol. The third kappa shape index (κ3) is 4.67. The Morgan fingerprint density at radius 1 is 1.00 bits per heavy atom. The van der Waals surface area contributed by atoms with Crippen LogP contribution in [0.3, 0.4) is 0 Å². The third-order valence-electron chi connectivity index (χ3n) is 3.74. The van der Waals surface area contributed by atoms with E-state index in [4.69, 9.17) is 4.42 Å². The first-order chi connectivity index (χ1) is 12.1. The van der Waals surface area contributed by atoms with E-state index in [1.54, 1.807) is 12.1 Å². The summed E-state index contributed by atoms with van der Waals surface area (Å²) in [6.45, 7) is 2.46. The third-order valence-corrected chi connectivity index (χ3v) is 5.08. The summed E-state index contributed by atoms with van der Waals surface area (Å²) in [6.07, 6.45) is 0. The Bertz CT molecular complexity index is 869. The SMILES string of the molecule is Cc1ccc(CNC(=O)c2ccc(C[S@](=O)c3ccccc3)o2)cc1. The quantitative estimate of drug-likeness (QED) is 0.733. The maximum absolute atomic E-state index is 12.3. The Kier molecular flexibility index (Phi) is 5.46. The van der Waals surface area contributed by atoms with Gasteiger partial charge in [-0.3, -0.25) is 9.00 Å². The van der Waals surface area contributed by atoms with Crippen molar-refractivity contribution in [3.8, 4) is 0 Å². The summed E-state index contributed by atoms with van der Waals surface area (Å²) in [4.78, 5) is 12.9. The van der Waals surface area contributed by atoms with Crippen LogP contribution < -0.4 is 5.32 Å². The Morgan fingerprint density at radius 3 is 2.44 bits per heavy atom. The maximum Gasteiger partial charge on any atom is 0.287 e. The van der Waals surface area contributed by atoms with E-state index >= 15 is 0 Å². The van der Waals surface area contributed by atoms with Crippen molar-refractivity contribution in [1.82, 2.24) is 5.32 Å². The second kappa shape index (κ2) is 7.94. The Labute approximate surface area is 149 Å². The minimum absolute atomic E-state index is 0.229. The Hall–Kier alpha value is -2.66. The molecule has 128 valence electrons. The van der Waals surface area contributed by atoms with E-state index in [0.29, 0.717) is 12.3 Å². The number of amides is 1. The minimum Gasteiger partial charge on any atom is -0.455 e. The second-order valence-electron chi connectivity index (χ2n) is 5.74. The van der Waals surface area contributed by atoms with Crippen molar-refractivity contribution in [2.75, 3.05) is 0 Å². The molecule has 25 heavy (non-hydrogen) atoms. The lowest BCUT2D eigenvalue weighted by molar-refractivity contribution is 0.0921. The molecule has 2 aromatic carbocycles. The molecule has 0 unspecified atom stereocenters. The van der Waals surface area contributed by atoms with Gasteiger partial charge in [-0.05, 0) is 36.8 Å². The summed E-state index contributed by atoms with van der Waals surface area (Å²) in [6, 6.07) is 20.5. The fourth-order valence-corrected chi connectivity index (χ4v) is 3.38. The van der Waals surface area contributed by atoms with Crippen LogP contribution in [-0.2, 0) is 23.1 Å². The largest absolute Gasteiger partial charge is 0.455 e. The molecule has 0 aliphatic carbocycles. The molecule has 3 rings (SSSR count). The number of benzene rings is 2. The molecule has 1 heterocycles. The van der Waals surface area contributed by atoms with Crippen LogP contribution in [0.4, 0.5) is 0 Å². The summed E-state index contributed by atoms with van der Waals surface area (Å²) < 4.78 is 17.8. The van der Waals surface area contributed by atoms with Gasteiger partial charge in [0.2, 0.25) is 0 Å². The van der Waals surface area contributed by atoms with Crippen LogP contribution in [0.15, 0.2) is 76.0 Å². The highest BCUT2D eigenvalue weighted by atomic mass is 32.2. The minimum atomic E-state index is -1.20. The van der Waals surface area contributed by atoms with Crippen LogP contribution in [0.2, 0.25) is 0 Å². The lowest BCUT2D eigenvalue weighted by Crippen LogP contribution is -2.22. The normalized spacial score (nSPS) is 11.9. The second-order valence-corrected chi connectivity index (χ2v) is 7.19. The van der Waals surface area contributed by atoms with Crippen LogP contribution in [0, 0.1) is 6.92 Å². The fraction of sp³-hybridized carbons (Fsp3) is 0.150. The molecule has 1 amide bonds. The molecule has 0 radical (unpaired) electrons. The van der Waals surface area contributed by atoms with Crippen LogP contribution in [-0.4, -0.2) is 10.1 Å². The molecule has 1 aromatic heterocycles. The van der Waals surface area contributed by atoms with Gasteiger partial charge in [-0.1, -0.05) is 48.0 Å². The van der Waals surface area contributed by atoms with Gasteiger partial charge in [0.05, 0.1) is 16.6 Å². The van der Waals surface area contributed by atoms with Gasteiger partial charge >= 0.3 is 0 Å². The van der Waals surface area contributed by atoms with Crippen molar-refractivity contribution >= 4 is 16.7 Å². The van der Waals surface area contributed by atoms with Crippen LogP contribution in [0.25, 0.3) is 0 Å². The summed E-state index contributed by atoms with van der Waals surface area (Å²) in [5, 5.41) is 2.82. The van der Waals surface area contributed by atoms with Crippen molar-refractivity contribution in [3.63, 3.8) is 0 Å². The number of hydrogen-bond acceptors (Lipinski definition) is 3. The number of furan rings is 1. The maximum atomic E-state index is 12.3. The molecule has 3 aromatic rings. The number of hydrogen-bond donors (Lipinski definition) is 1. The molecule has 0 fully saturated rings. The van der Waals surface area contributed by atoms with Crippen molar-refractivity contribution in [3.05, 3.63) is 89.4 Å². The standard InChI is InChI=1S/C20H19NO3S/c1-15-7-9-16(10-8-15)13-21-20(22)19-12-11-17(24-19)14-25(23)18-5-3-2-4-6-18/h2-12H,13-14H2,1H3,(H,21,22)/t25-/m0/s1. The van der Waals surface area contributed by atoms with Gasteiger partial charge in [0.1, 0.15) is 5.76 Å². The molecule has 0 saturated heterocycles. The van der Waals surface area contributed by atoms with E-state index in [9.17, 15) is 9.00 Å². The van der Waals surface area contributed by atoms with Gasteiger partial charge in [0, 0.05) is 11.4 Å². The van der Waals surface area contributed by atoms with E-state index in [2.05, 4.69) is 5.32 Å². The molecule has 0 saturated carbocycles. The van der Waals surface area contributed by atoms with Gasteiger partial charge < -0.3 is 9.73 Å². The van der Waals surface area contributed by atoms with E-state index < -0.39 is 10.8 Å². The van der Waals surface area contributed by atoms with Crippen molar-refractivity contribution in [2.45, 2.75) is 24.1 Å². The molecule has 0 bridgehead atoms. The van der Waals surface area contributed by atoms with E-state index in [1.807, 2.05) is 61.5 Å². The summed E-state index contributed by atoms with van der Waals surface area (Å²) in [5.41, 5.74) is 2.20. The molecule has 0 aliphatic rings. The van der Waals surface area contributed by atoms with Crippen LogP contribution in [0.5, 0.6) is 0 Å². The Balaban J connectivity index is 1.58. The van der Waals surface area contributed by atoms with Gasteiger partial charge in [-0.15, -0.1) is 0 Å². The molecule has 5 heteroatoms. The fourth-order valence-electron chi connectivity index (χ4n) is 2.34. The van der Waals surface area contributed by atoms with Gasteiger partial charge in [0.15, 0.2) is 5.76 Å². The molecule has 0 aliphatic heterocycles. The summed E-state index contributed by atoms with van der Waals surface area (Å²) in [5.74, 6) is 0.724. The zero-order valence-corrected chi connectivity index (χ0v) is 14.7. The van der Waals surface area contributed by atoms with Gasteiger partial charge in [-0.25, -0.2) is 0 Å². The van der Waals surface area contributed by atoms with E-state index in [-0.39, 0.29) is 17.4 Å². The lowest BCUT2D eigenvalue weighted by Gasteiger charge is -2.04. The zero-order valence-electron chi connectivity index (χ0n) is 13.9. The highest BCUT2D eigenvalue weighted by molar-refractivity contribution is 7.84. The van der Waals surface area contributed by atoms with E-state index in [0.717, 1.165) is 10.5 Å². The lowest BCUT2D eigenvalue weighted by atomic mass is 10.1. The first kappa shape index (κ1) is 17.2. The molecule has 1 N–H and O–H groups in total. The highest BCUT2D eigenvalue weighted by Gasteiger charge is 2.13. The smallest absolute Gasteiger partial charge is 0.287 e. The number of nitrogens with one attached hydrogen (secondary N) is 1. The summed E-state index contributed by atoms with van der Waals surface area (Å²) >= 11 is 0. The van der Waals surface area contributed by atoms with Crippen LogP contribution in [0.1, 0.15) is 27.4 Å². The van der Waals surface area contributed by atoms with Crippen molar-refractivity contribution in [1.29, 1.82) is 0 Å². The topological polar surface area (TPSA) is 59.3 Å². The molecule has 0 spiro atoms. The average molecular weight is 353 g/mol. The van der Waals surface area contributed by atoms with Crippen LogP contribution >= 0.6 is 0 Å². The first-order valence-corrected chi connectivity index (χ1v) is 9.29. The van der Waals surface area contributed by atoms with Crippen molar-refractivity contribution in [2.24, 2.45) is 0 Å². The number of aryl methyl sites for hydroxylation is 1. The predicted molar refractivity (Wildman–Crippen MR) is 97.6 cm³/mol. The predicted octanol–water partition coefficient (Wildman–Crippen LogP) is 3.83. The first-order valence-electron chi connectivity index (χ1n) is 7.98. The molecular formula is C20H19NO3S. The van der Waals surface area contributed by atoms with Gasteiger partial charge in [-0.2, -0.15) is 0 Å². The zero-order chi connectivity index (χ0) is 17.6. The van der Waals surface area contributed by atoms with Crippen molar-refractivity contribution < 1.29 is 13.4 Å². The average Bonchev–Trinajstić information content (AvgIpc) is 3.10. The highest BCUT2D eigenvalue weighted by Crippen LogP contribution is 2.15. The number of rotatable bonds is 6. The summed E-state index contributed by atoms with van der Waals surface area (Å²) in [7, 11) is -1.20. The van der Waals surface area contributed by atoms with Gasteiger partial charge in [0.25, 0.3) is 5.91 Å².